The van der Waals surface area contributed by atoms with E-state index in [1.165, 1.54) is 0 Å². The van der Waals surface area contributed by atoms with Crippen LogP contribution in [0.5, 0.6) is 11.5 Å². The molecule has 2 aromatic heterocycles. The van der Waals surface area contributed by atoms with Gasteiger partial charge >= 0.3 is 0 Å². The Labute approximate surface area is 403 Å². The number of rotatable bonds is 7. The van der Waals surface area contributed by atoms with Crippen LogP contribution in [0.15, 0.2) is 194 Å². The first-order chi connectivity index (χ1) is 35.0. The zero-order valence-corrected chi connectivity index (χ0v) is 37.0. The number of ether oxygens (including phenoxy) is 1. The molecule has 7 heteroatoms. The summed E-state index contributed by atoms with van der Waals surface area (Å²) in [5.74, 6) is 1.88. The Bertz CT molecular complexity index is 3610. The molecule has 0 fully saturated rings. The van der Waals surface area contributed by atoms with Crippen LogP contribution in [0, 0.1) is 18.8 Å². The van der Waals surface area contributed by atoms with Gasteiger partial charge in [-0.1, -0.05) is 159 Å². The van der Waals surface area contributed by atoms with Crippen molar-refractivity contribution < 1.29 is 39.5 Å². The average molecular weight is 1020 g/mol. The molecule has 2 aliphatic heterocycles. The first-order valence-electron chi connectivity index (χ1n) is 25.4. The van der Waals surface area contributed by atoms with Gasteiger partial charge in [0, 0.05) is 67.3 Å². The van der Waals surface area contributed by atoms with Gasteiger partial charge in [0.05, 0.1) is 25.1 Å². The minimum Gasteiger partial charge on any atom is -0.509 e. The van der Waals surface area contributed by atoms with E-state index in [4.69, 9.17) is 28.4 Å². The first kappa shape index (κ1) is 30.7. The van der Waals surface area contributed by atoms with Gasteiger partial charge in [0.2, 0.25) is 0 Å². The molecule has 9 aromatic rings. The molecule has 0 unspecified atom stereocenters. The van der Waals surface area contributed by atoms with Crippen molar-refractivity contribution in [2.45, 2.75) is 26.2 Å². The third-order valence-electron chi connectivity index (χ3n) is 11.1. The first-order valence-corrected chi connectivity index (χ1v) is 20.4. The molecule has 0 N–H and O–H groups in total. The second-order valence-corrected chi connectivity index (χ2v) is 16.0. The van der Waals surface area contributed by atoms with Crippen LogP contribution in [0.25, 0.3) is 44.5 Å². The number of aromatic nitrogens is 2. The van der Waals surface area contributed by atoms with E-state index in [0.717, 1.165) is 45.0 Å². The van der Waals surface area contributed by atoms with Crippen LogP contribution >= 0.6 is 0 Å². The molecule has 0 atom stereocenters. The predicted octanol–water partition coefficient (Wildman–Crippen LogP) is 15.0. The maximum atomic E-state index is 9.03. The van der Waals surface area contributed by atoms with E-state index in [9.17, 15) is 0 Å². The van der Waals surface area contributed by atoms with Gasteiger partial charge in [-0.3, -0.25) is 0 Å². The number of anilines is 7. The second kappa shape index (κ2) is 16.8. The maximum absolute atomic E-state index is 9.03. The predicted molar refractivity (Wildman–Crippen MR) is 256 cm³/mol. The molecule has 11 rings (SSSR count). The number of nitrogens with zero attached hydrogens (tertiary/aromatic N) is 5. The van der Waals surface area contributed by atoms with Crippen LogP contribution in [0.2, 0.25) is 0 Å². The van der Waals surface area contributed by atoms with Gasteiger partial charge < -0.3 is 19.4 Å². The number of para-hydroxylation sites is 2. The fourth-order valence-corrected chi connectivity index (χ4v) is 8.21. The summed E-state index contributed by atoms with van der Waals surface area (Å²) in [5, 5.41) is 0. The van der Waals surface area contributed by atoms with Crippen LogP contribution in [-0.4, -0.2) is 9.97 Å². The van der Waals surface area contributed by atoms with Crippen LogP contribution in [-0.2, 0) is 26.5 Å². The van der Waals surface area contributed by atoms with Crippen molar-refractivity contribution in [2.75, 3.05) is 14.7 Å². The Morgan fingerprint density at radius 3 is 1.91 bits per heavy atom. The zero-order valence-electron chi connectivity index (χ0n) is 44.7. The third kappa shape index (κ3) is 7.34. The van der Waals surface area contributed by atoms with E-state index >= 15 is 0 Å². The molecular formula is C57H42N5OPt-3. The van der Waals surface area contributed by atoms with Crippen molar-refractivity contribution in [3.63, 3.8) is 0 Å². The quantitative estimate of drug-likeness (QED) is 0.148. The van der Waals surface area contributed by atoms with Crippen molar-refractivity contribution in [3.8, 4) is 56.0 Å². The SMILES string of the molecule is [2H]c1c([2H])c([2H])c(-c2cccc(-c3c([2H])c([2H])c([2H])c([2H])c3[2H])c2N2[CH-]N(c3[c-]c(Oc4[c-]c5c(cc4)-c4ccccc4-c4ccccc4N5c4cc(C(C)(C)C)ccn4)ccc3)c3ncccc32)c([2H])c1[2H].[Pt]. The second-order valence-electron chi connectivity index (χ2n) is 16.0. The summed E-state index contributed by atoms with van der Waals surface area (Å²) in [4.78, 5) is 15.3. The number of fused-ring (bicyclic) bond motifs is 6. The van der Waals surface area contributed by atoms with Gasteiger partial charge in [0.1, 0.15) is 11.6 Å². The van der Waals surface area contributed by atoms with Gasteiger partial charge in [-0.2, -0.15) is 12.1 Å². The smallest absolute Gasteiger partial charge is 0.135 e. The summed E-state index contributed by atoms with van der Waals surface area (Å²) < 4.78 is 93.8. The van der Waals surface area contributed by atoms with Crippen molar-refractivity contribution in [3.05, 3.63) is 219 Å². The van der Waals surface area contributed by atoms with E-state index in [1.807, 2.05) is 60.8 Å². The van der Waals surface area contributed by atoms with Crippen LogP contribution in [0.1, 0.15) is 40.0 Å². The Hall–Kier alpha value is -7.27. The molecule has 0 bridgehead atoms. The molecule has 0 aliphatic carbocycles. The van der Waals surface area contributed by atoms with E-state index in [-0.39, 0.29) is 54.4 Å². The summed E-state index contributed by atoms with van der Waals surface area (Å²) >= 11 is 0. The molecule has 0 saturated carbocycles. The molecule has 0 spiro atoms. The van der Waals surface area contributed by atoms with Crippen LogP contribution in [0.4, 0.5) is 40.1 Å². The molecule has 4 heterocycles. The van der Waals surface area contributed by atoms with E-state index < -0.39 is 60.4 Å². The molecule has 0 amide bonds. The number of pyridine rings is 2. The standard InChI is InChI=1S/C57H42N5O.Pt/c1-57(2,3)41-32-34-58-54(35-41)62-51-28-13-12-25-49(51)47-23-10-11-24-48(47)50-31-30-44(37-53(50)62)63-43-22-14-21-42(36-43)60-38-61(52-29-16-33-59-56(52)60)55-45(39-17-6-4-7-18-39)26-15-27-46(55)40-19-8-5-9-20-40;/h4-35,38H,1-3H3;/q-3;/i4D,5D,6D,7D,8D,9D,17D,18D,19D,20D;. The normalized spacial score (nSPS) is 14.8. The Morgan fingerprint density at radius 1 is 0.562 bits per heavy atom. The van der Waals surface area contributed by atoms with E-state index in [1.54, 1.807) is 59.1 Å². The monoisotopic (exact) mass is 1020 g/mol. The summed E-state index contributed by atoms with van der Waals surface area (Å²) in [5.41, 5.74) is 7.83. The van der Waals surface area contributed by atoms with Crippen LogP contribution < -0.4 is 19.4 Å². The largest absolute Gasteiger partial charge is 0.509 e. The average Bonchev–Trinajstić information content (AvgIpc) is 3.73. The Morgan fingerprint density at radius 2 is 1.19 bits per heavy atom. The molecule has 314 valence electrons. The molecular weight excluding hydrogens is 966 g/mol. The molecule has 0 saturated heterocycles. The zero-order chi connectivity index (χ0) is 51.2. The Kier molecular flexibility index (Phi) is 8.06. The van der Waals surface area contributed by atoms with Crippen LogP contribution in [0.3, 0.4) is 0 Å². The maximum Gasteiger partial charge on any atom is 0.135 e. The van der Waals surface area contributed by atoms with Gasteiger partial charge in [-0.05, 0) is 58.0 Å². The fourth-order valence-electron chi connectivity index (χ4n) is 8.21. The summed E-state index contributed by atoms with van der Waals surface area (Å²) in [7, 11) is 0. The fraction of sp³-hybridized carbons (Fsp3) is 0.0702. The summed E-state index contributed by atoms with van der Waals surface area (Å²) in [6, 6.07) is 40.0. The van der Waals surface area contributed by atoms with Crippen molar-refractivity contribution >= 4 is 40.1 Å². The van der Waals surface area contributed by atoms with E-state index in [0.29, 0.717) is 28.7 Å². The van der Waals surface area contributed by atoms with Gasteiger partial charge in [-0.25, -0.2) is 9.97 Å². The Balaban J connectivity index is 0.00000626. The number of hydrogen-bond donors (Lipinski definition) is 0. The molecule has 0 radical (unpaired) electrons. The molecule has 2 aliphatic rings. The van der Waals surface area contributed by atoms with Gasteiger partial charge in [0.15, 0.2) is 0 Å². The third-order valence-corrected chi connectivity index (χ3v) is 11.1. The summed E-state index contributed by atoms with van der Waals surface area (Å²) in [6.45, 7) is 8.20. The summed E-state index contributed by atoms with van der Waals surface area (Å²) in [6.07, 6.45) is 3.45. The van der Waals surface area contributed by atoms with E-state index in [2.05, 4.69) is 68.1 Å². The van der Waals surface area contributed by atoms with Crippen molar-refractivity contribution in [2.24, 2.45) is 0 Å². The van der Waals surface area contributed by atoms with Gasteiger partial charge in [0.25, 0.3) is 0 Å². The van der Waals surface area contributed by atoms with Crippen molar-refractivity contribution in [1.82, 2.24) is 9.97 Å². The molecule has 7 aromatic carbocycles. The van der Waals surface area contributed by atoms with Gasteiger partial charge in [-0.15, -0.1) is 42.6 Å². The minimum atomic E-state index is -0.576. The topological polar surface area (TPSA) is 44.7 Å². The molecule has 64 heavy (non-hydrogen) atoms. The van der Waals surface area contributed by atoms with Crippen molar-refractivity contribution in [1.29, 1.82) is 0 Å². The number of benzene rings is 7. The minimum absolute atomic E-state index is 0. The number of hydrogen-bond acceptors (Lipinski definition) is 6. The molecule has 6 nitrogen and oxygen atoms in total.